The summed E-state index contributed by atoms with van der Waals surface area (Å²) in [6, 6.07) is 7.56. The number of carbonyl (C=O) groups is 1. The minimum Gasteiger partial charge on any atom is -0.484 e. The van der Waals surface area contributed by atoms with Gasteiger partial charge in [0.05, 0.1) is 11.6 Å². The smallest absolute Gasteiger partial charge is 0.438 e. The average molecular weight is 327 g/mol. The normalized spacial score (nSPS) is 20.9. The molecule has 23 heavy (non-hydrogen) atoms. The van der Waals surface area contributed by atoms with Gasteiger partial charge in [-0.3, -0.25) is 4.79 Å². The predicted octanol–water partition coefficient (Wildman–Crippen LogP) is 1.80. The van der Waals surface area contributed by atoms with Gasteiger partial charge in [-0.05, 0) is 31.2 Å². The Hall–Kier alpha value is -2.60. The van der Waals surface area contributed by atoms with Crippen LogP contribution in [0.5, 0.6) is 5.75 Å². The molecule has 0 radical (unpaired) electrons. The van der Waals surface area contributed by atoms with Crippen molar-refractivity contribution < 1.29 is 27.8 Å². The summed E-state index contributed by atoms with van der Waals surface area (Å²) in [4.78, 5) is 11.9. The fourth-order valence-corrected chi connectivity index (χ4v) is 2.03. The highest BCUT2D eigenvalue weighted by Crippen LogP contribution is 2.40. The summed E-state index contributed by atoms with van der Waals surface area (Å²) in [7, 11) is 0. The first kappa shape index (κ1) is 16.8. The number of hydrogen-bond donors (Lipinski definition) is 1. The molecule has 0 saturated heterocycles. The topological polar surface area (TPSA) is 85.9 Å². The van der Waals surface area contributed by atoms with Crippen molar-refractivity contribution in [1.82, 2.24) is 5.01 Å². The van der Waals surface area contributed by atoms with Crippen molar-refractivity contribution in [2.75, 3.05) is 6.61 Å². The molecule has 1 aliphatic heterocycles. The molecule has 0 fully saturated rings. The SMILES string of the molecule is CC1=NN(C(=O)COc2ccc(C#N)cc2)C(O)(C(F)(F)F)C1. The number of nitrogens with zero attached hydrogens (tertiary/aromatic N) is 3. The van der Waals surface area contributed by atoms with Gasteiger partial charge in [-0.15, -0.1) is 0 Å². The number of aliphatic hydroxyl groups is 1. The second-order valence-corrected chi connectivity index (χ2v) is 4.96. The van der Waals surface area contributed by atoms with Gasteiger partial charge in [0.1, 0.15) is 5.75 Å². The summed E-state index contributed by atoms with van der Waals surface area (Å²) >= 11 is 0. The van der Waals surface area contributed by atoms with E-state index in [-0.39, 0.29) is 16.5 Å². The summed E-state index contributed by atoms with van der Waals surface area (Å²) in [6.45, 7) is 0.548. The Balaban J connectivity index is 2.08. The Bertz CT molecular complexity index is 679. The van der Waals surface area contributed by atoms with E-state index >= 15 is 0 Å². The molecule has 6 nitrogen and oxygen atoms in total. The monoisotopic (exact) mass is 327 g/mol. The van der Waals surface area contributed by atoms with Gasteiger partial charge in [0.25, 0.3) is 11.6 Å². The molecule has 2 rings (SSSR count). The lowest BCUT2D eigenvalue weighted by Crippen LogP contribution is -2.57. The zero-order chi connectivity index (χ0) is 17.3. The van der Waals surface area contributed by atoms with Crippen LogP contribution < -0.4 is 4.74 Å². The lowest BCUT2D eigenvalue weighted by molar-refractivity contribution is -0.302. The molecule has 9 heteroatoms. The van der Waals surface area contributed by atoms with Crippen LogP contribution in [0.25, 0.3) is 0 Å². The molecule has 0 bridgehead atoms. The second-order valence-electron chi connectivity index (χ2n) is 4.96. The third-order valence-corrected chi connectivity index (χ3v) is 3.16. The number of alkyl halides is 3. The second kappa shape index (κ2) is 5.89. The van der Waals surface area contributed by atoms with Crippen molar-refractivity contribution in [2.45, 2.75) is 25.2 Å². The van der Waals surface area contributed by atoms with Crippen LogP contribution >= 0.6 is 0 Å². The van der Waals surface area contributed by atoms with Gasteiger partial charge in [-0.25, -0.2) is 0 Å². The van der Waals surface area contributed by atoms with Crippen LogP contribution in [0.3, 0.4) is 0 Å². The fraction of sp³-hybridized carbons (Fsp3) is 0.357. The van der Waals surface area contributed by atoms with Crippen molar-refractivity contribution in [3.63, 3.8) is 0 Å². The van der Waals surface area contributed by atoms with E-state index in [1.54, 1.807) is 0 Å². The van der Waals surface area contributed by atoms with Crippen LogP contribution in [-0.4, -0.2) is 40.2 Å². The maximum absolute atomic E-state index is 13.0. The molecule has 0 spiro atoms. The van der Waals surface area contributed by atoms with Gasteiger partial charge in [-0.2, -0.15) is 28.5 Å². The Morgan fingerprint density at radius 1 is 1.48 bits per heavy atom. The molecular weight excluding hydrogens is 315 g/mol. The Morgan fingerprint density at radius 3 is 2.61 bits per heavy atom. The highest BCUT2D eigenvalue weighted by Gasteiger charge is 2.62. The van der Waals surface area contributed by atoms with Gasteiger partial charge in [0, 0.05) is 12.1 Å². The van der Waals surface area contributed by atoms with E-state index in [0.717, 1.165) is 0 Å². The zero-order valence-corrected chi connectivity index (χ0v) is 12.0. The molecule has 0 aliphatic carbocycles. The fourth-order valence-electron chi connectivity index (χ4n) is 2.03. The molecule has 1 aromatic rings. The summed E-state index contributed by atoms with van der Waals surface area (Å²) in [5, 5.41) is 21.9. The molecule has 0 saturated carbocycles. The number of carbonyl (C=O) groups excluding carboxylic acids is 1. The number of ether oxygens (including phenoxy) is 1. The van der Waals surface area contributed by atoms with Crippen LogP contribution in [-0.2, 0) is 4.79 Å². The van der Waals surface area contributed by atoms with Crippen LogP contribution in [0.1, 0.15) is 18.9 Å². The van der Waals surface area contributed by atoms with Crippen LogP contribution in [0.4, 0.5) is 13.2 Å². The largest absolute Gasteiger partial charge is 0.484 e. The molecule has 1 amide bonds. The lowest BCUT2D eigenvalue weighted by atomic mass is 10.1. The van der Waals surface area contributed by atoms with Crippen LogP contribution in [0.2, 0.25) is 0 Å². The molecule has 1 aliphatic rings. The van der Waals surface area contributed by atoms with Gasteiger partial charge >= 0.3 is 6.18 Å². The molecule has 1 N–H and O–H groups in total. The average Bonchev–Trinajstić information content (AvgIpc) is 2.81. The maximum atomic E-state index is 13.0. The van der Waals surface area contributed by atoms with Crippen molar-refractivity contribution in [3.05, 3.63) is 29.8 Å². The molecule has 0 aromatic heterocycles. The van der Waals surface area contributed by atoms with Gasteiger partial charge in [0.15, 0.2) is 6.61 Å². The van der Waals surface area contributed by atoms with Gasteiger partial charge in [-0.1, -0.05) is 0 Å². The van der Waals surface area contributed by atoms with Crippen LogP contribution in [0, 0.1) is 11.3 Å². The first-order valence-corrected chi connectivity index (χ1v) is 6.46. The molecular formula is C14H12F3N3O3. The predicted molar refractivity (Wildman–Crippen MR) is 72.2 cm³/mol. The zero-order valence-electron chi connectivity index (χ0n) is 12.0. The quantitative estimate of drug-likeness (QED) is 0.917. The molecule has 1 aromatic carbocycles. The van der Waals surface area contributed by atoms with E-state index in [9.17, 15) is 23.1 Å². The Morgan fingerprint density at radius 2 is 2.09 bits per heavy atom. The molecule has 1 unspecified atom stereocenters. The van der Waals surface area contributed by atoms with E-state index in [0.29, 0.717) is 5.56 Å². The standard InChI is InChI=1S/C14H12F3N3O3/c1-9-6-13(22,14(15,16)17)20(19-9)12(21)8-23-11-4-2-10(7-18)3-5-11/h2-5,22H,6,8H2,1H3. The van der Waals surface area contributed by atoms with E-state index in [1.807, 2.05) is 6.07 Å². The molecule has 1 atom stereocenters. The van der Waals surface area contributed by atoms with Crippen molar-refractivity contribution in [2.24, 2.45) is 5.10 Å². The summed E-state index contributed by atoms with van der Waals surface area (Å²) in [5.41, 5.74) is -3.01. The Kier molecular flexibility index (Phi) is 4.29. The number of amides is 1. The van der Waals surface area contributed by atoms with Crippen LogP contribution in [0.15, 0.2) is 29.4 Å². The minimum absolute atomic E-state index is 0.00593. The first-order valence-electron chi connectivity index (χ1n) is 6.46. The van der Waals surface area contributed by atoms with Crippen molar-refractivity contribution >= 4 is 11.6 Å². The number of rotatable bonds is 3. The summed E-state index contributed by atoms with van der Waals surface area (Å²) in [5.74, 6) is -0.932. The van der Waals surface area contributed by atoms with E-state index in [1.165, 1.54) is 31.2 Å². The van der Waals surface area contributed by atoms with E-state index in [4.69, 9.17) is 10.00 Å². The number of halogens is 3. The number of hydrazone groups is 1. The highest BCUT2D eigenvalue weighted by molar-refractivity contribution is 5.89. The Labute approximate surface area is 129 Å². The van der Waals surface area contributed by atoms with Gasteiger partial charge < -0.3 is 9.84 Å². The third kappa shape index (κ3) is 3.27. The molecule has 1 heterocycles. The lowest BCUT2D eigenvalue weighted by Gasteiger charge is -2.32. The van der Waals surface area contributed by atoms with E-state index < -0.39 is 30.8 Å². The number of benzene rings is 1. The molecule has 122 valence electrons. The number of nitriles is 1. The minimum atomic E-state index is -5.04. The third-order valence-electron chi connectivity index (χ3n) is 3.16. The summed E-state index contributed by atoms with van der Waals surface area (Å²) < 4.78 is 44.0. The van der Waals surface area contributed by atoms with Crippen molar-refractivity contribution in [1.29, 1.82) is 5.26 Å². The first-order chi connectivity index (χ1) is 10.7. The van der Waals surface area contributed by atoms with Gasteiger partial charge in [0.2, 0.25) is 0 Å². The van der Waals surface area contributed by atoms with Crippen molar-refractivity contribution in [3.8, 4) is 11.8 Å². The summed E-state index contributed by atoms with van der Waals surface area (Å²) in [6.07, 6.45) is -5.85. The highest BCUT2D eigenvalue weighted by atomic mass is 19.4. The van der Waals surface area contributed by atoms with E-state index in [2.05, 4.69) is 5.10 Å². The number of hydrogen-bond acceptors (Lipinski definition) is 5. The maximum Gasteiger partial charge on any atom is 0.438 e.